The van der Waals surface area contributed by atoms with Gasteiger partial charge in [-0.25, -0.2) is 4.39 Å². The molecule has 112 valence electrons. The standard InChI is InChI=1S/C18H23FN2/c1-3-11-20-18-13-7-5-4-6-8-15(13)21-17-12(2)9-10-14(19)16(17)18/h9-10H,3-8,11H2,1-2H3,(H,20,21). The zero-order chi connectivity index (χ0) is 14.8. The minimum atomic E-state index is -0.159. The molecule has 0 unspecified atom stereocenters. The van der Waals surface area contributed by atoms with Crippen molar-refractivity contribution in [2.75, 3.05) is 11.9 Å². The summed E-state index contributed by atoms with van der Waals surface area (Å²) in [4.78, 5) is 4.82. The number of pyridine rings is 1. The molecule has 3 rings (SSSR count). The van der Waals surface area contributed by atoms with Gasteiger partial charge in [-0.15, -0.1) is 0 Å². The van der Waals surface area contributed by atoms with E-state index >= 15 is 0 Å². The van der Waals surface area contributed by atoms with Crippen molar-refractivity contribution in [1.82, 2.24) is 4.98 Å². The molecule has 0 radical (unpaired) electrons. The van der Waals surface area contributed by atoms with Gasteiger partial charge >= 0.3 is 0 Å². The molecule has 2 aromatic rings. The van der Waals surface area contributed by atoms with Crippen LogP contribution in [0.3, 0.4) is 0 Å². The number of hydrogen-bond acceptors (Lipinski definition) is 2. The third kappa shape index (κ3) is 2.61. The van der Waals surface area contributed by atoms with E-state index in [1.807, 2.05) is 13.0 Å². The van der Waals surface area contributed by atoms with Crippen molar-refractivity contribution >= 4 is 16.6 Å². The van der Waals surface area contributed by atoms with E-state index in [0.29, 0.717) is 5.39 Å². The number of nitrogens with one attached hydrogen (secondary N) is 1. The summed E-state index contributed by atoms with van der Waals surface area (Å²) in [5, 5.41) is 4.17. The van der Waals surface area contributed by atoms with E-state index in [2.05, 4.69) is 12.2 Å². The van der Waals surface area contributed by atoms with Crippen LogP contribution in [0.1, 0.15) is 49.4 Å². The van der Waals surface area contributed by atoms with Gasteiger partial charge in [0.25, 0.3) is 0 Å². The van der Waals surface area contributed by atoms with Gasteiger partial charge < -0.3 is 5.32 Å². The van der Waals surface area contributed by atoms with Crippen LogP contribution in [0.25, 0.3) is 10.9 Å². The molecule has 0 amide bonds. The summed E-state index contributed by atoms with van der Waals surface area (Å²) in [7, 11) is 0. The van der Waals surface area contributed by atoms with Crippen molar-refractivity contribution in [3.05, 3.63) is 34.8 Å². The number of fused-ring (bicyclic) bond motifs is 2. The van der Waals surface area contributed by atoms with Crippen LogP contribution in [0.4, 0.5) is 10.1 Å². The lowest BCUT2D eigenvalue weighted by molar-refractivity contribution is 0.639. The Morgan fingerprint density at radius 3 is 2.81 bits per heavy atom. The van der Waals surface area contributed by atoms with Crippen molar-refractivity contribution in [3.63, 3.8) is 0 Å². The average molecular weight is 286 g/mol. The van der Waals surface area contributed by atoms with Gasteiger partial charge in [0.05, 0.1) is 16.6 Å². The Morgan fingerprint density at radius 2 is 2.00 bits per heavy atom. The summed E-state index contributed by atoms with van der Waals surface area (Å²) < 4.78 is 14.4. The number of halogens is 1. The van der Waals surface area contributed by atoms with Gasteiger partial charge in [-0.05, 0) is 56.2 Å². The first-order chi connectivity index (χ1) is 10.2. The molecule has 0 fully saturated rings. The topological polar surface area (TPSA) is 24.9 Å². The smallest absolute Gasteiger partial charge is 0.134 e. The lowest BCUT2D eigenvalue weighted by atomic mass is 9.99. The van der Waals surface area contributed by atoms with Crippen LogP contribution < -0.4 is 5.32 Å². The Kier molecular flexibility index (Phi) is 4.09. The molecule has 1 N–H and O–H groups in total. The Hall–Kier alpha value is -1.64. The van der Waals surface area contributed by atoms with Crippen molar-refractivity contribution in [2.45, 2.75) is 52.4 Å². The quantitative estimate of drug-likeness (QED) is 0.822. The van der Waals surface area contributed by atoms with Crippen LogP contribution >= 0.6 is 0 Å². The van der Waals surface area contributed by atoms with Crippen LogP contribution in [0.2, 0.25) is 0 Å². The number of anilines is 1. The van der Waals surface area contributed by atoms with Gasteiger partial charge in [-0.2, -0.15) is 0 Å². The molecule has 1 heterocycles. The van der Waals surface area contributed by atoms with E-state index in [1.54, 1.807) is 6.07 Å². The SMILES string of the molecule is CCCNc1c2c(nc3c(C)ccc(F)c13)CCCCC2. The maximum atomic E-state index is 14.4. The van der Waals surface area contributed by atoms with Gasteiger partial charge in [-0.3, -0.25) is 4.98 Å². The molecule has 3 heteroatoms. The second kappa shape index (κ2) is 6.00. The Balaban J connectivity index is 2.29. The minimum Gasteiger partial charge on any atom is -0.384 e. The Labute approximate surface area is 125 Å². The van der Waals surface area contributed by atoms with Crippen molar-refractivity contribution < 1.29 is 4.39 Å². The number of rotatable bonds is 3. The summed E-state index contributed by atoms with van der Waals surface area (Å²) >= 11 is 0. The van der Waals surface area contributed by atoms with E-state index in [-0.39, 0.29) is 5.82 Å². The van der Waals surface area contributed by atoms with Crippen molar-refractivity contribution in [1.29, 1.82) is 0 Å². The molecule has 0 atom stereocenters. The summed E-state index contributed by atoms with van der Waals surface area (Å²) in [5.41, 5.74) is 5.30. The van der Waals surface area contributed by atoms with Gasteiger partial charge in [0.2, 0.25) is 0 Å². The summed E-state index contributed by atoms with van der Waals surface area (Å²) in [5.74, 6) is -0.159. The molecule has 0 bridgehead atoms. The fourth-order valence-corrected chi connectivity index (χ4v) is 3.24. The molecule has 1 aliphatic carbocycles. The highest BCUT2D eigenvalue weighted by molar-refractivity contribution is 5.95. The predicted octanol–water partition coefficient (Wildman–Crippen LogP) is 4.77. The first kappa shape index (κ1) is 14.3. The highest BCUT2D eigenvalue weighted by Crippen LogP contribution is 2.35. The summed E-state index contributed by atoms with van der Waals surface area (Å²) in [6.45, 7) is 5.02. The van der Waals surface area contributed by atoms with Gasteiger partial charge in [-0.1, -0.05) is 19.4 Å². The Morgan fingerprint density at radius 1 is 1.19 bits per heavy atom. The zero-order valence-electron chi connectivity index (χ0n) is 12.9. The molecule has 1 aromatic carbocycles. The van der Waals surface area contributed by atoms with E-state index in [4.69, 9.17) is 4.98 Å². The van der Waals surface area contributed by atoms with Gasteiger partial charge in [0.1, 0.15) is 5.82 Å². The first-order valence-electron chi connectivity index (χ1n) is 8.06. The molecular weight excluding hydrogens is 263 g/mol. The number of nitrogens with zero attached hydrogens (tertiary/aromatic N) is 1. The monoisotopic (exact) mass is 286 g/mol. The van der Waals surface area contributed by atoms with Gasteiger partial charge in [0, 0.05) is 12.2 Å². The second-order valence-electron chi connectivity index (χ2n) is 5.99. The molecule has 1 aromatic heterocycles. The predicted molar refractivity (Wildman–Crippen MR) is 86.5 cm³/mol. The van der Waals surface area contributed by atoms with Gasteiger partial charge in [0.15, 0.2) is 0 Å². The molecule has 2 nitrogen and oxygen atoms in total. The van der Waals surface area contributed by atoms with E-state index in [9.17, 15) is 4.39 Å². The number of benzene rings is 1. The number of aromatic nitrogens is 1. The number of aryl methyl sites for hydroxylation is 2. The molecular formula is C18H23FN2. The molecule has 0 saturated heterocycles. The van der Waals surface area contributed by atoms with Crippen LogP contribution in [-0.2, 0) is 12.8 Å². The highest BCUT2D eigenvalue weighted by atomic mass is 19.1. The van der Waals surface area contributed by atoms with Crippen LogP contribution in [-0.4, -0.2) is 11.5 Å². The molecule has 0 aliphatic heterocycles. The molecule has 0 saturated carbocycles. The molecule has 0 spiro atoms. The lowest BCUT2D eigenvalue weighted by Crippen LogP contribution is -2.09. The molecule has 21 heavy (non-hydrogen) atoms. The lowest BCUT2D eigenvalue weighted by Gasteiger charge is -2.18. The third-order valence-electron chi connectivity index (χ3n) is 4.37. The largest absolute Gasteiger partial charge is 0.384 e. The minimum absolute atomic E-state index is 0.159. The molecule has 1 aliphatic rings. The Bertz CT molecular complexity index is 664. The van der Waals surface area contributed by atoms with E-state index in [1.165, 1.54) is 30.5 Å². The van der Waals surface area contributed by atoms with Crippen LogP contribution in [0, 0.1) is 12.7 Å². The van der Waals surface area contributed by atoms with Crippen LogP contribution in [0.5, 0.6) is 0 Å². The fourth-order valence-electron chi connectivity index (χ4n) is 3.24. The third-order valence-corrected chi connectivity index (χ3v) is 4.37. The summed E-state index contributed by atoms with van der Waals surface area (Å²) in [6.07, 6.45) is 6.66. The van der Waals surface area contributed by atoms with E-state index in [0.717, 1.165) is 42.6 Å². The average Bonchev–Trinajstić information content (AvgIpc) is 2.73. The normalized spacial score (nSPS) is 14.8. The first-order valence-corrected chi connectivity index (χ1v) is 8.06. The maximum Gasteiger partial charge on any atom is 0.134 e. The highest BCUT2D eigenvalue weighted by Gasteiger charge is 2.19. The fraction of sp³-hybridized carbons (Fsp3) is 0.500. The number of hydrogen-bond donors (Lipinski definition) is 1. The summed E-state index contributed by atoms with van der Waals surface area (Å²) in [6, 6.07) is 3.40. The van der Waals surface area contributed by atoms with Crippen LogP contribution in [0.15, 0.2) is 12.1 Å². The van der Waals surface area contributed by atoms with E-state index < -0.39 is 0 Å². The van der Waals surface area contributed by atoms with Crippen molar-refractivity contribution in [2.24, 2.45) is 0 Å². The van der Waals surface area contributed by atoms with Crippen molar-refractivity contribution in [3.8, 4) is 0 Å². The maximum absolute atomic E-state index is 14.4. The zero-order valence-corrected chi connectivity index (χ0v) is 12.9. The second-order valence-corrected chi connectivity index (χ2v) is 5.99.